The van der Waals surface area contributed by atoms with E-state index >= 15 is 0 Å². The number of furan rings is 1. The average molecular weight is 278 g/mol. The van der Waals surface area contributed by atoms with Crippen LogP contribution >= 0.6 is 0 Å². The second-order valence-corrected chi connectivity index (χ2v) is 4.48. The van der Waals surface area contributed by atoms with Crippen LogP contribution in [0, 0.1) is 0 Å². The third kappa shape index (κ3) is 3.92. The summed E-state index contributed by atoms with van der Waals surface area (Å²) in [5.41, 5.74) is 0. The van der Waals surface area contributed by atoms with Crippen molar-refractivity contribution in [3.63, 3.8) is 0 Å². The van der Waals surface area contributed by atoms with E-state index in [4.69, 9.17) is 8.94 Å². The fourth-order valence-electron chi connectivity index (χ4n) is 1.54. The van der Waals surface area contributed by atoms with E-state index in [1.54, 1.807) is 18.4 Å². The second-order valence-electron chi connectivity index (χ2n) is 4.48. The predicted molar refractivity (Wildman–Crippen MR) is 71.9 cm³/mol. The molecular formula is C13H18N4O3. The van der Waals surface area contributed by atoms with Gasteiger partial charge in [-0.2, -0.15) is 4.98 Å². The van der Waals surface area contributed by atoms with Crippen molar-refractivity contribution < 1.29 is 13.7 Å². The largest absolute Gasteiger partial charge is 0.461 e. The number of carbonyl (C=O) groups is 1. The average Bonchev–Trinajstić information content (AvgIpc) is 3.12. The molecule has 2 heterocycles. The van der Waals surface area contributed by atoms with Gasteiger partial charge in [0, 0.05) is 25.4 Å². The van der Waals surface area contributed by atoms with Crippen molar-refractivity contribution >= 4 is 5.91 Å². The van der Waals surface area contributed by atoms with Gasteiger partial charge in [0.1, 0.15) is 0 Å². The van der Waals surface area contributed by atoms with Crippen LogP contribution in [0.3, 0.4) is 0 Å². The van der Waals surface area contributed by atoms with E-state index in [0.29, 0.717) is 36.9 Å². The summed E-state index contributed by atoms with van der Waals surface area (Å²) in [6, 6.07) is 3.75. The number of likely N-dealkylation sites (N-methyl/N-ethyl adjacent to an activating group) is 1. The molecule has 0 spiro atoms. The molecule has 108 valence electrons. The molecule has 0 aliphatic carbocycles. The van der Waals surface area contributed by atoms with Gasteiger partial charge in [0.2, 0.25) is 17.6 Å². The maximum absolute atomic E-state index is 11.6. The van der Waals surface area contributed by atoms with Gasteiger partial charge in [-0.3, -0.25) is 4.79 Å². The minimum atomic E-state index is -0.0372. The van der Waals surface area contributed by atoms with Crippen LogP contribution in [-0.2, 0) is 11.2 Å². The maximum atomic E-state index is 11.6. The lowest BCUT2D eigenvalue weighted by Crippen LogP contribution is -2.37. The van der Waals surface area contributed by atoms with Crippen molar-refractivity contribution in [1.29, 1.82) is 0 Å². The Hall–Kier alpha value is -2.15. The first-order valence-corrected chi connectivity index (χ1v) is 6.49. The van der Waals surface area contributed by atoms with Crippen molar-refractivity contribution in [3.05, 3.63) is 24.3 Å². The minimum Gasteiger partial charge on any atom is -0.461 e. The zero-order valence-corrected chi connectivity index (χ0v) is 11.5. The fraction of sp³-hybridized carbons (Fsp3) is 0.462. The van der Waals surface area contributed by atoms with Crippen molar-refractivity contribution in [2.24, 2.45) is 0 Å². The third-order valence-electron chi connectivity index (χ3n) is 2.87. The fourth-order valence-corrected chi connectivity index (χ4v) is 1.54. The van der Waals surface area contributed by atoms with Crippen molar-refractivity contribution in [3.8, 4) is 11.6 Å². The smallest absolute Gasteiger partial charge is 0.238 e. The van der Waals surface area contributed by atoms with Gasteiger partial charge >= 0.3 is 0 Å². The summed E-state index contributed by atoms with van der Waals surface area (Å²) in [6.45, 7) is 2.59. The molecule has 1 amide bonds. The van der Waals surface area contributed by atoms with Crippen LogP contribution in [0.1, 0.15) is 19.2 Å². The molecule has 2 rings (SSSR count). The molecule has 0 aromatic carbocycles. The quantitative estimate of drug-likeness (QED) is 0.784. The van der Waals surface area contributed by atoms with Gasteiger partial charge in [0.05, 0.1) is 6.26 Å². The molecule has 7 nitrogen and oxygen atoms in total. The van der Waals surface area contributed by atoms with E-state index in [0.717, 1.165) is 0 Å². The van der Waals surface area contributed by atoms with Crippen LogP contribution in [0.25, 0.3) is 11.6 Å². The van der Waals surface area contributed by atoms with Gasteiger partial charge in [0.15, 0.2) is 5.76 Å². The number of aryl methyl sites for hydroxylation is 1. The van der Waals surface area contributed by atoms with E-state index in [9.17, 15) is 4.79 Å². The van der Waals surface area contributed by atoms with Crippen LogP contribution in [0.4, 0.5) is 0 Å². The zero-order chi connectivity index (χ0) is 14.4. The SMILES string of the molecule is CNC(C)CNC(=O)CCc1nc(-c2ccco2)no1. The second kappa shape index (κ2) is 6.85. The molecule has 20 heavy (non-hydrogen) atoms. The summed E-state index contributed by atoms with van der Waals surface area (Å²) >= 11 is 0. The van der Waals surface area contributed by atoms with E-state index in [2.05, 4.69) is 20.8 Å². The summed E-state index contributed by atoms with van der Waals surface area (Å²) in [4.78, 5) is 15.8. The third-order valence-corrected chi connectivity index (χ3v) is 2.87. The van der Waals surface area contributed by atoms with Gasteiger partial charge < -0.3 is 19.6 Å². The number of nitrogens with one attached hydrogen (secondary N) is 2. The lowest BCUT2D eigenvalue weighted by Gasteiger charge is -2.10. The highest BCUT2D eigenvalue weighted by molar-refractivity contribution is 5.76. The number of nitrogens with zero attached hydrogens (tertiary/aromatic N) is 2. The summed E-state index contributed by atoms with van der Waals surface area (Å²) in [5.74, 6) is 1.33. The molecule has 2 aromatic rings. The molecule has 0 radical (unpaired) electrons. The number of hydrogen-bond acceptors (Lipinski definition) is 6. The minimum absolute atomic E-state index is 0.0372. The molecule has 0 saturated carbocycles. The van der Waals surface area contributed by atoms with Gasteiger partial charge in [-0.15, -0.1) is 0 Å². The van der Waals surface area contributed by atoms with Crippen molar-refractivity contribution in [2.75, 3.05) is 13.6 Å². The first-order chi connectivity index (χ1) is 9.69. The molecule has 0 saturated heterocycles. The highest BCUT2D eigenvalue weighted by Crippen LogP contribution is 2.16. The first-order valence-electron chi connectivity index (χ1n) is 6.49. The van der Waals surface area contributed by atoms with Crippen LogP contribution in [0.15, 0.2) is 27.3 Å². The summed E-state index contributed by atoms with van der Waals surface area (Å²) in [5, 5.41) is 9.68. The number of rotatable bonds is 7. The maximum Gasteiger partial charge on any atom is 0.238 e. The Morgan fingerprint density at radius 1 is 1.50 bits per heavy atom. The molecule has 0 aliphatic heterocycles. The van der Waals surface area contributed by atoms with Crippen molar-refractivity contribution in [2.45, 2.75) is 25.8 Å². The normalized spacial score (nSPS) is 12.3. The molecule has 7 heteroatoms. The standard InChI is InChI=1S/C13H18N4O3/c1-9(14-2)8-15-11(18)5-6-12-16-13(17-20-12)10-4-3-7-19-10/h3-4,7,9,14H,5-6,8H2,1-2H3,(H,15,18). The Balaban J connectivity index is 1.78. The Morgan fingerprint density at radius 2 is 2.35 bits per heavy atom. The highest BCUT2D eigenvalue weighted by Gasteiger charge is 2.12. The van der Waals surface area contributed by atoms with E-state index in [1.165, 1.54) is 0 Å². The number of amides is 1. The van der Waals surface area contributed by atoms with Crippen LogP contribution in [-0.4, -0.2) is 35.7 Å². The number of carbonyl (C=O) groups excluding carboxylic acids is 1. The predicted octanol–water partition coefficient (Wildman–Crippen LogP) is 0.986. The Kier molecular flexibility index (Phi) is 4.89. The number of hydrogen-bond donors (Lipinski definition) is 2. The van der Waals surface area contributed by atoms with Crippen LogP contribution < -0.4 is 10.6 Å². The number of aromatic nitrogens is 2. The lowest BCUT2D eigenvalue weighted by atomic mass is 10.2. The molecule has 2 N–H and O–H groups in total. The van der Waals surface area contributed by atoms with E-state index in [-0.39, 0.29) is 11.9 Å². The molecule has 2 aromatic heterocycles. The van der Waals surface area contributed by atoms with Crippen molar-refractivity contribution in [1.82, 2.24) is 20.8 Å². The molecule has 0 bridgehead atoms. The Labute approximate surface area is 116 Å². The molecule has 1 unspecified atom stereocenters. The Bertz CT molecular complexity index is 536. The molecule has 0 aliphatic rings. The van der Waals surface area contributed by atoms with Gasteiger partial charge in [-0.05, 0) is 26.1 Å². The molecule has 0 fully saturated rings. The highest BCUT2D eigenvalue weighted by atomic mass is 16.5. The first kappa shape index (κ1) is 14.3. The van der Waals surface area contributed by atoms with Crippen LogP contribution in [0.2, 0.25) is 0 Å². The van der Waals surface area contributed by atoms with E-state index in [1.807, 2.05) is 14.0 Å². The van der Waals surface area contributed by atoms with Gasteiger partial charge in [-0.1, -0.05) is 5.16 Å². The van der Waals surface area contributed by atoms with Gasteiger partial charge in [0.25, 0.3) is 0 Å². The lowest BCUT2D eigenvalue weighted by molar-refractivity contribution is -0.121. The van der Waals surface area contributed by atoms with Gasteiger partial charge in [-0.25, -0.2) is 0 Å². The Morgan fingerprint density at radius 3 is 3.05 bits per heavy atom. The molecular weight excluding hydrogens is 260 g/mol. The summed E-state index contributed by atoms with van der Waals surface area (Å²) in [6.07, 6.45) is 2.27. The summed E-state index contributed by atoms with van der Waals surface area (Å²) < 4.78 is 10.2. The van der Waals surface area contributed by atoms with E-state index < -0.39 is 0 Å². The van der Waals surface area contributed by atoms with Crippen LogP contribution in [0.5, 0.6) is 0 Å². The monoisotopic (exact) mass is 278 g/mol. The molecule has 1 atom stereocenters. The topological polar surface area (TPSA) is 93.2 Å². The zero-order valence-electron chi connectivity index (χ0n) is 11.5. The summed E-state index contributed by atoms with van der Waals surface area (Å²) in [7, 11) is 1.85.